The molecule has 0 aromatic heterocycles. The molecule has 0 atom stereocenters. The van der Waals surface area contributed by atoms with Crippen LogP contribution in [0.3, 0.4) is 0 Å². The minimum atomic E-state index is -0.771. The van der Waals surface area contributed by atoms with Crippen molar-refractivity contribution in [2.24, 2.45) is 0 Å². The molecular weight excluding hydrogens is 118 g/mol. The van der Waals surface area contributed by atoms with Gasteiger partial charge in [0.1, 0.15) is 0 Å². The van der Waals surface area contributed by atoms with Gasteiger partial charge in [-0.15, -0.1) is 0 Å². The summed E-state index contributed by atoms with van der Waals surface area (Å²) in [4.78, 5) is 0. The van der Waals surface area contributed by atoms with Crippen LogP contribution >= 0.6 is 11.8 Å². The maximum Gasteiger partial charge on any atom is 0.156 e. The summed E-state index contributed by atoms with van der Waals surface area (Å²) in [5.74, 6) is 0. The van der Waals surface area contributed by atoms with Gasteiger partial charge in [0.25, 0.3) is 0 Å². The molecule has 7 heavy (non-hydrogen) atoms. The normalized spacial score (nSPS) is 8.29. The molecule has 0 aromatic carbocycles. The van der Waals surface area contributed by atoms with E-state index >= 15 is 0 Å². The fraction of sp³-hybridized carbons (Fsp3) is 0. The summed E-state index contributed by atoms with van der Waals surface area (Å²) in [5, 5.41) is -1.54. The number of hydrogen-bond acceptors (Lipinski definition) is 1. The zero-order chi connectivity index (χ0) is 5.86. The second-order valence-corrected chi connectivity index (χ2v) is 1.90. The van der Waals surface area contributed by atoms with Gasteiger partial charge in [-0.3, -0.25) is 0 Å². The number of halogens is 2. The molecule has 3 heteroatoms. The van der Waals surface area contributed by atoms with Crippen LogP contribution in [0.4, 0.5) is 8.78 Å². The van der Waals surface area contributed by atoms with Gasteiger partial charge in [-0.1, -0.05) is 13.2 Å². The highest BCUT2D eigenvalue weighted by atomic mass is 32.2. The van der Waals surface area contributed by atoms with E-state index in [9.17, 15) is 8.78 Å². The first kappa shape index (κ1) is 6.69. The van der Waals surface area contributed by atoms with Crippen LogP contribution in [0, 0.1) is 0 Å². The van der Waals surface area contributed by atoms with Gasteiger partial charge >= 0.3 is 0 Å². The SMILES string of the molecule is C=C(F)SC(=C)F. The molecule has 0 nitrogen and oxygen atoms in total. The second-order valence-electron chi connectivity index (χ2n) is 0.812. The Balaban J connectivity index is 3.32. The minimum absolute atomic E-state index is 0.287. The summed E-state index contributed by atoms with van der Waals surface area (Å²) >= 11 is 0.287. The predicted molar refractivity (Wildman–Crippen MR) is 28.1 cm³/mol. The molecule has 0 aliphatic heterocycles. The van der Waals surface area contributed by atoms with E-state index in [2.05, 4.69) is 13.2 Å². The molecule has 0 amide bonds. The largest absolute Gasteiger partial charge is 0.200 e. The van der Waals surface area contributed by atoms with Crippen LogP contribution in [-0.4, -0.2) is 0 Å². The number of rotatable bonds is 2. The van der Waals surface area contributed by atoms with Crippen molar-refractivity contribution in [1.82, 2.24) is 0 Å². The molecule has 0 saturated heterocycles. The molecule has 0 fully saturated rings. The van der Waals surface area contributed by atoms with Crippen LogP contribution in [-0.2, 0) is 0 Å². The highest BCUT2D eigenvalue weighted by Crippen LogP contribution is 2.23. The van der Waals surface area contributed by atoms with Crippen LogP contribution in [0.25, 0.3) is 0 Å². The van der Waals surface area contributed by atoms with Gasteiger partial charge in [0.15, 0.2) is 10.3 Å². The monoisotopic (exact) mass is 122 g/mol. The molecular formula is C4H4F2S. The van der Waals surface area contributed by atoms with E-state index in [-0.39, 0.29) is 11.8 Å². The van der Waals surface area contributed by atoms with Crippen molar-refractivity contribution in [2.75, 3.05) is 0 Å². The van der Waals surface area contributed by atoms with Crippen molar-refractivity contribution in [1.29, 1.82) is 0 Å². The van der Waals surface area contributed by atoms with Crippen LogP contribution in [0.5, 0.6) is 0 Å². The summed E-state index contributed by atoms with van der Waals surface area (Å²) in [5.41, 5.74) is 0. The molecule has 0 radical (unpaired) electrons. The third-order valence-corrected chi connectivity index (χ3v) is 0.664. The molecule has 40 valence electrons. The Morgan fingerprint density at radius 1 is 1.14 bits per heavy atom. The molecule has 0 bridgehead atoms. The molecule has 0 spiro atoms. The first-order valence-electron chi connectivity index (χ1n) is 1.49. The Morgan fingerprint density at radius 3 is 1.43 bits per heavy atom. The van der Waals surface area contributed by atoms with E-state index in [1.807, 2.05) is 0 Å². The molecule has 0 aliphatic rings. The van der Waals surface area contributed by atoms with E-state index < -0.39 is 10.3 Å². The van der Waals surface area contributed by atoms with Crippen LogP contribution in [0.15, 0.2) is 23.5 Å². The van der Waals surface area contributed by atoms with E-state index in [1.54, 1.807) is 0 Å². The molecule has 0 heterocycles. The zero-order valence-corrected chi connectivity index (χ0v) is 4.39. The summed E-state index contributed by atoms with van der Waals surface area (Å²) in [6, 6.07) is 0. The first-order chi connectivity index (χ1) is 3.13. The first-order valence-corrected chi connectivity index (χ1v) is 2.31. The summed E-state index contributed by atoms with van der Waals surface area (Å²) in [6.07, 6.45) is 0. The Kier molecular flexibility index (Phi) is 2.67. The van der Waals surface area contributed by atoms with Crippen LogP contribution in [0.1, 0.15) is 0 Å². The van der Waals surface area contributed by atoms with Crippen molar-refractivity contribution < 1.29 is 8.78 Å². The lowest BCUT2D eigenvalue weighted by atomic mass is 11.2. The lowest BCUT2D eigenvalue weighted by Crippen LogP contribution is -1.55. The highest BCUT2D eigenvalue weighted by molar-refractivity contribution is 8.06. The molecule has 0 rings (SSSR count). The fourth-order valence-corrected chi connectivity index (χ4v) is 0.360. The van der Waals surface area contributed by atoms with Crippen LogP contribution < -0.4 is 0 Å². The molecule has 0 N–H and O–H groups in total. The van der Waals surface area contributed by atoms with Gasteiger partial charge in [0.2, 0.25) is 0 Å². The Bertz CT molecular complexity index is 85.9. The Hall–Kier alpha value is -0.310. The van der Waals surface area contributed by atoms with Crippen molar-refractivity contribution in [3.8, 4) is 0 Å². The lowest BCUT2D eigenvalue weighted by molar-refractivity contribution is 0.685. The van der Waals surface area contributed by atoms with Gasteiger partial charge in [-0.25, -0.2) is 0 Å². The third-order valence-electron chi connectivity index (χ3n) is 0.221. The maximum atomic E-state index is 11.4. The van der Waals surface area contributed by atoms with Gasteiger partial charge in [0.05, 0.1) is 0 Å². The third kappa shape index (κ3) is 5.69. The molecule has 0 aliphatic carbocycles. The topological polar surface area (TPSA) is 0 Å². The van der Waals surface area contributed by atoms with E-state index in [1.165, 1.54) is 0 Å². The van der Waals surface area contributed by atoms with E-state index in [0.717, 1.165) is 0 Å². The van der Waals surface area contributed by atoms with Crippen molar-refractivity contribution in [2.45, 2.75) is 0 Å². The summed E-state index contributed by atoms with van der Waals surface area (Å²) in [7, 11) is 0. The summed E-state index contributed by atoms with van der Waals surface area (Å²) in [6.45, 7) is 5.58. The second kappa shape index (κ2) is 2.80. The van der Waals surface area contributed by atoms with Gasteiger partial charge < -0.3 is 0 Å². The zero-order valence-electron chi connectivity index (χ0n) is 3.58. The van der Waals surface area contributed by atoms with E-state index in [0.29, 0.717) is 0 Å². The van der Waals surface area contributed by atoms with Gasteiger partial charge in [-0.2, -0.15) is 8.78 Å². The molecule has 0 aromatic rings. The average molecular weight is 122 g/mol. The van der Waals surface area contributed by atoms with Crippen molar-refractivity contribution >= 4 is 11.8 Å². The summed E-state index contributed by atoms with van der Waals surface area (Å²) < 4.78 is 22.8. The molecule has 0 unspecified atom stereocenters. The number of thioether (sulfide) groups is 1. The fourth-order valence-electron chi connectivity index (χ4n) is 0.120. The minimum Gasteiger partial charge on any atom is -0.200 e. The Labute approximate surface area is 44.9 Å². The lowest BCUT2D eigenvalue weighted by Gasteiger charge is -1.84. The maximum absolute atomic E-state index is 11.4. The highest BCUT2D eigenvalue weighted by Gasteiger charge is 1.92. The van der Waals surface area contributed by atoms with Crippen molar-refractivity contribution in [3.63, 3.8) is 0 Å². The van der Waals surface area contributed by atoms with Gasteiger partial charge in [-0.05, 0) is 11.8 Å². The smallest absolute Gasteiger partial charge is 0.156 e. The standard InChI is InChI=1S/C4H4F2S/c1-3(5)7-4(2)6/h1-2H2. The van der Waals surface area contributed by atoms with E-state index in [4.69, 9.17) is 0 Å². The molecule has 0 saturated carbocycles. The van der Waals surface area contributed by atoms with Crippen molar-refractivity contribution in [3.05, 3.63) is 23.5 Å². The van der Waals surface area contributed by atoms with Gasteiger partial charge in [0, 0.05) is 0 Å². The average Bonchev–Trinajstić information content (AvgIpc) is 1.27. The van der Waals surface area contributed by atoms with Crippen LogP contribution in [0.2, 0.25) is 0 Å². The quantitative estimate of drug-likeness (QED) is 0.542. The Morgan fingerprint density at radius 2 is 1.43 bits per heavy atom. The predicted octanol–water partition coefficient (Wildman–Crippen LogP) is 2.60. The number of hydrogen-bond donors (Lipinski definition) is 0.